The van der Waals surface area contributed by atoms with Crippen LogP contribution in [0.5, 0.6) is 11.5 Å². The summed E-state index contributed by atoms with van der Waals surface area (Å²) in [7, 11) is 1.34. The number of esters is 2. The molecule has 5 aromatic rings. The molecule has 228 valence electrons. The number of hydrogen-bond acceptors (Lipinski definition) is 8. The lowest BCUT2D eigenvalue weighted by Crippen LogP contribution is -2.33. The lowest BCUT2D eigenvalue weighted by molar-refractivity contribution is 0.0600. The molecule has 0 N–H and O–H groups in total. The summed E-state index contributed by atoms with van der Waals surface area (Å²) in [6.07, 6.45) is 3.79. The van der Waals surface area contributed by atoms with E-state index in [9.17, 15) is 14.4 Å². The van der Waals surface area contributed by atoms with Gasteiger partial charge >= 0.3 is 11.9 Å². The SMILES string of the molecule is COC(=O)c1ccc2c(C(=O)c3ccc(OCCN4CCCCC4)cc3)c(-c3ccc(OC(=O)c4ccccc4)cc3)sc2c1. The molecule has 45 heavy (non-hydrogen) atoms. The van der Waals surface area contributed by atoms with E-state index in [1.54, 1.807) is 66.7 Å². The lowest BCUT2D eigenvalue weighted by Gasteiger charge is -2.26. The summed E-state index contributed by atoms with van der Waals surface area (Å²) in [5, 5.41) is 0.745. The van der Waals surface area contributed by atoms with E-state index in [0.717, 1.165) is 45.9 Å². The van der Waals surface area contributed by atoms with Crippen LogP contribution in [-0.2, 0) is 4.74 Å². The van der Waals surface area contributed by atoms with Crippen molar-refractivity contribution in [3.05, 3.63) is 119 Å². The molecule has 8 heteroatoms. The van der Waals surface area contributed by atoms with Crippen molar-refractivity contribution in [3.8, 4) is 21.9 Å². The number of benzene rings is 4. The predicted molar refractivity (Wildman–Crippen MR) is 176 cm³/mol. The molecule has 4 aromatic carbocycles. The van der Waals surface area contributed by atoms with Crippen LogP contribution < -0.4 is 9.47 Å². The van der Waals surface area contributed by atoms with Crippen LogP contribution >= 0.6 is 11.3 Å². The van der Waals surface area contributed by atoms with E-state index in [-0.39, 0.29) is 5.78 Å². The summed E-state index contributed by atoms with van der Waals surface area (Å²) in [5.41, 5.74) is 2.73. The molecule has 0 amide bonds. The summed E-state index contributed by atoms with van der Waals surface area (Å²) < 4.78 is 17.2. The third kappa shape index (κ3) is 6.98. The summed E-state index contributed by atoms with van der Waals surface area (Å²) in [5.74, 6) is 0.0878. The van der Waals surface area contributed by atoms with E-state index in [0.29, 0.717) is 34.6 Å². The molecule has 0 spiro atoms. The van der Waals surface area contributed by atoms with Crippen LogP contribution in [-0.4, -0.2) is 56.0 Å². The number of likely N-dealkylation sites (tertiary alicyclic amines) is 1. The summed E-state index contributed by atoms with van der Waals surface area (Å²) in [6, 6.07) is 28.4. The van der Waals surface area contributed by atoms with Gasteiger partial charge in [-0.1, -0.05) is 30.7 Å². The van der Waals surface area contributed by atoms with Gasteiger partial charge in [0.2, 0.25) is 0 Å². The van der Waals surface area contributed by atoms with Crippen molar-refractivity contribution in [2.24, 2.45) is 0 Å². The summed E-state index contributed by atoms with van der Waals surface area (Å²) in [6.45, 7) is 3.74. The third-order valence-electron chi connectivity index (χ3n) is 7.92. The Morgan fingerprint density at radius 1 is 0.733 bits per heavy atom. The number of ether oxygens (including phenoxy) is 3. The molecule has 7 nitrogen and oxygen atoms in total. The number of methoxy groups -OCH3 is 1. The molecule has 0 bridgehead atoms. The molecular weight excluding hydrogens is 586 g/mol. The molecule has 0 atom stereocenters. The highest BCUT2D eigenvalue weighted by atomic mass is 32.1. The van der Waals surface area contributed by atoms with Crippen LogP contribution in [0, 0.1) is 0 Å². The highest BCUT2D eigenvalue weighted by Gasteiger charge is 2.23. The molecule has 0 unspecified atom stereocenters. The van der Waals surface area contributed by atoms with Gasteiger partial charge in [-0.3, -0.25) is 9.69 Å². The Kier molecular flexibility index (Phi) is 9.33. The van der Waals surface area contributed by atoms with Crippen molar-refractivity contribution in [1.82, 2.24) is 4.90 Å². The Morgan fingerprint density at radius 2 is 1.42 bits per heavy atom. The standard InChI is InChI=1S/C37H33NO6S/c1-42-36(40)28-14-19-31-32(24-28)45-35(26-12-17-30(18-13-26)44-37(41)27-8-4-2-5-9-27)33(31)34(39)25-10-15-29(16-11-25)43-23-22-38-20-6-3-7-21-38/h2,4-5,8-19,24H,3,6-7,20-23H2,1H3. The molecule has 0 saturated carbocycles. The summed E-state index contributed by atoms with van der Waals surface area (Å²) >= 11 is 1.42. The zero-order valence-electron chi connectivity index (χ0n) is 25.0. The zero-order chi connectivity index (χ0) is 31.2. The van der Waals surface area contributed by atoms with Gasteiger partial charge in [-0.05, 0) is 104 Å². The average molecular weight is 620 g/mol. The topological polar surface area (TPSA) is 82.1 Å². The first-order valence-electron chi connectivity index (χ1n) is 15.0. The second-order valence-corrected chi connectivity index (χ2v) is 11.9. The monoisotopic (exact) mass is 619 g/mol. The van der Waals surface area contributed by atoms with Crippen LogP contribution in [0.25, 0.3) is 20.5 Å². The molecule has 2 heterocycles. The highest BCUT2D eigenvalue weighted by molar-refractivity contribution is 7.22. The maximum atomic E-state index is 14.1. The fourth-order valence-electron chi connectivity index (χ4n) is 5.51. The number of ketones is 1. The van der Waals surface area contributed by atoms with Crippen LogP contribution in [0.4, 0.5) is 0 Å². The molecule has 1 aliphatic rings. The van der Waals surface area contributed by atoms with Crippen LogP contribution in [0.15, 0.2) is 97.1 Å². The maximum absolute atomic E-state index is 14.1. The smallest absolute Gasteiger partial charge is 0.343 e. The minimum Gasteiger partial charge on any atom is -0.492 e. The Bertz CT molecular complexity index is 1810. The lowest BCUT2D eigenvalue weighted by atomic mass is 9.97. The second-order valence-electron chi connectivity index (χ2n) is 10.9. The number of carbonyl (C=O) groups excluding carboxylic acids is 3. The van der Waals surface area contributed by atoms with Gasteiger partial charge in [-0.15, -0.1) is 11.3 Å². The second kappa shape index (κ2) is 13.9. The normalized spacial score (nSPS) is 13.4. The number of thiophene rings is 1. The number of carbonyl (C=O) groups is 3. The number of piperidine rings is 1. The molecule has 6 rings (SSSR count). The van der Waals surface area contributed by atoms with Crippen molar-refractivity contribution in [1.29, 1.82) is 0 Å². The van der Waals surface area contributed by atoms with Crippen molar-refractivity contribution >= 4 is 39.1 Å². The van der Waals surface area contributed by atoms with Gasteiger partial charge < -0.3 is 14.2 Å². The van der Waals surface area contributed by atoms with Crippen LogP contribution in [0.3, 0.4) is 0 Å². The van der Waals surface area contributed by atoms with Gasteiger partial charge in [-0.25, -0.2) is 9.59 Å². The van der Waals surface area contributed by atoms with E-state index in [4.69, 9.17) is 14.2 Å². The van der Waals surface area contributed by atoms with Crippen molar-refractivity contribution in [2.45, 2.75) is 19.3 Å². The molecule has 1 fully saturated rings. The summed E-state index contributed by atoms with van der Waals surface area (Å²) in [4.78, 5) is 42.1. The third-order valence-corrected chi connectivity index (χ3v) is 9.12. The van der Waals surface area contributed by atoms with E-state index < -0.39 is 11.9 Å². The molecule has 1 aliphatic heterocycles. The van der Waals surface area contributed by atoms with Crippen molar-refractivity contribution in [3.63, 3.8) is 0 Å². The number of hydrogen-bond donors (Lipinski definition) is 0. The van der Waals surface area contributed by atoms with E-state index in [1.165, 1.54) is 37.7 Å². The average Bonchev–Trinajstić information content (AvgIpc) is 3.48. The molecule has 0 aliphatic carbocycles. The first kappa shape index (κ1) is 30.2. The molecular formula is C37H33NO6S. The van der Waals surface area contributed by atoms with Crippen LogP contribution in [0.1, 0.15) is 55.9 Å². The van der Waals surface area contributed by atoms with Gasteiger partial charge in [-0.2, -0.15) is 0 Å². The van der Waals surface area contributed by atoms with Gasteiger partial charge in [0.05, 0.1) is 18.2 Å². The van der Waals surface area contributed by atoms with E-state index in [2.05, 4.69) is 4.90 Å². The molecule has 1 aromatic heterocycles. The maximum Gasteiger partial charge on any atom is 0.343 e. The van der Waals surface area contributed by atoms with E-state index >= 15 is 0 Å². The molecule has 1 saturated heterocycles. The van der Waals surface area contributed by atoms with Crippen molar-refractivity contribution < 1.29 is 28.6 Å². The Hall–Kier alpha value is -4.79. The minimum atomic E-state index is -0.449. The largest absolute Gasteiger partial charge is 0.492 e. The fourth-order valence-corrected chi connectivity index (χ4v) is 6.75. The Morgan fingerprint density at radius 3 is 2.13 bits per heavy atom. The number of fused-ring (bicyclic) bond motifs is 1. The molecule has 0 radical (unpaired) electrons. The van der Waals surface area contributed by atoms with Crippen molar-refractivity contribution in [2.75, 3.05) is 33.4 Å². The highest BCUT2D eigenvalue weighted by Crippen LogP contribution is 2.41. The Labute approximate surface area is 266 Å². The fraction of sp³-hybridized carbons (Fsp3) is 0.216. The quantitative estimate of drug-likeness (QED) is 0.0901. The van der Waals surface area contributed by atoms with Gasteiger partial charge in [0.25, 0.3) is 0 Å². The van der Waals surface area contributed by atoms with Gasteiger partial charge in [0.15, 0.2) is 5.78 Å². The van der Waals surface area contributed by atoms with Gasteiger partial charge in [0.1, 0.15) is 18.1 Å². The number of rotatable bonds is 10. The minimum absolute atomic E-state index is 0.137. The zero-order valence-corrected chi connectivity index (χ0v) is 25.8. The predicted octanol–water partition coefficient (Wildman–Crippen LogP) is 7.67. The number of nitrogens with zero attached hydrogens (tertiary/aromatic N) is 1. The first-order valence-corrected chi connectivity index (χ1v) is 15.8. The first-order chi connectivity index (χ1) is 22.0. The van der Waals surface area contributed by atoms with Crippen LogP contribution in [0.2, 0.25) is 0 Å². The Balaban J connectivity index is 1.26. The van der Waals surface area contributed by atoms with Gasteiger partial charge in [0, 0.05) is 32.6 Å². The van der Waals surface area contributed by atoms with E-state index in [1.807, 2.05) is 30.3 Å².